The molecular weight excluding hydrogens is 517 g/mol. The molecule has 3 aromatic carbocycles. The first-order valence-corrected chi connectivity index (χ1v) is 11.9. The van der Waals surface area contributed by atoms with Crippen molar-refractivity contribution >= 4 is 21.9 Å². The first kappa shape index (κ1) is 23.2. The van der Waals surface area contributed by atoms with Gasteiger partial charge in [-0.15, -0.1) is 0 Å². The van der Waals surface area contributed by atoms with E-state index < -0.39 is 5.85 Å². The van der Waals surface area contributed by atoms with Crippen molar-refractivity contribution in [2.24, 2.45) is 0 Å². The Morgan fingerprint density at radius 2 is 2.09 bits per heavy atom. The lowest BCUT2D eigenvalue weighted by Crippen LogP contribution is -2.24. The normalized spacial score (nSPS) is 19.8. The van der Waals surface area contributed by atoms with Crippen molar-refractivity contribution in [1.82, 2.24) is 0 Å². The Morgan fingerprint density at radius 3 is 2.89 bits per heavy atom. The molecule has 178 valence electrons. The molecule has 3 aromatic rings. The highest BCUT2D eigenvalue weighted by molar-refractivity contribution is 9.10. The number of hydrogen-bond donors (Lipinski definition) is 0. The molecule has 6 nitrogen and oxygen atoms in total. The zero-order valence-corrected chi connectivity index (χ0v) is 20.4. The van der Waals surface area contributed by atoms with Crippen molar-refractivity contribution in [3.05, 3.63) is 81.3 Å². The van der Waals surface area contributed by atoms with Gasteiger partial charge in [-0.05, 0) is 36.8 Å². The van der Waals surface area contributed by atoms with Crippen LogP contribution in [0.1, 0.15) is 41.0 Å². The molecule has 1 heterocycles. The predicted molar refractivity (Wildman–Crippen MR) is 128 cm³/mol. The molecule has 2 aliphatic rings. The molecule has 8 heteroatoms. The smallest absolute Gasteiger partial charge is 0.306 e. The van der Waals surface area contributed by atoms with E-state index >= 15 is 4.39 Å². The number of ether oxygens (including phenoxy) is 4. The molecule has 0 unspecified atom stereocenters. The van der Waals surface area contributed by atoms with E-state index in [0.717, 1.165) is 10.0 Å². The van der Waals surface area contributed by atoms with Crippen LogP contribution in [0, 0.1) is 11.3 Å². The van der Waals surface area contributed by atoms with Crippen molar-refractivity contribution in [2.75, 3.05) is 13.7 Å². The minimum Gasteiger partial charge on any atom is -0.492 e. The van der Waals surface area contributed by atoms with E-state index in [-0.39, 0.29) is 24.7 Å². The number of carbonyl (C=O) groups excluding carboxylic acids is 1. The molecule has 0 aromatic heterocycles. The molecule has 1 aliphatic carbocycles. The summed E-state index contributed by atoms with van der Waals surface area (Å²) in [5, 5.41) is 9.44. The van der Waals surface area contributed by atoms with Crippen LogP contribution < -0.4 is 14.2 Å². The third kappa shape index (κ3) is 4.44. The summed E-state index contributed by atoms with van der Waals surface area (Å²) in [7, 11) is 1.36. The second kappa shape index (κ2) is 9.23. The van der Waals surface area contributed by atoms with E-state index in [1.54, 1.807) is 54.6 Å². The van der Waals surface area contributed by atoms with Gasteiger partial charge in [0, 0.05) is 39.6 Å². The van der Waals surface area contributed by atoms with E-state index in [2.05, 4.69) is 22.0 Å². The number of methoxy groups -OCH3 is 1. The third-order valence-corrected chi connectivity index (χ3v) is 6.79. The zero-order chi connectivity index (χ0) is 24.6. The molecule has 0 amide bonds. The van der Waals surface area contributed by atoms with Gasteiger partial charge >= 0.3 is 5.97 Å². The summed E-state index contributed by atoms with van der Waals surface area (Å²) >= 11 is 3.35. The van der Waals surface area contributed by atoms with Crippen LogP contribution in [0.5, 0.6) is 23.0 Å². The summed E-state index contributed by atoms with van der Waals surface area (Å²) in [4.78, 5) is 11.6. The Morgan fingerprint density at radius 1 is 1.23 bits per heavy atom. The summed E-state index contributed by atoms with van der Waals surface area (Å²) < 4.78 is 39.3. The number of rotatable bonds is 6. The third-order valence-electron chi connectivity index (χ3n) is 6.30. The molecule has 1 aliphatic heterocycles. The summed E-state index contributed by atoms with van der Waals surface area (Å²) in [6, 6.07) is 17.6. The summed E-state index contributed by atoms with van der Waals surface area (Å²) in [5.41, 5.74) is 2.36. The fourth-order valence-electron chi connectivity index (χ4n) is 4.55. The van der Waals surface area contributed by atoms with Crippen LogP contribution in [-0.2, 0) is 21.8 Å². The van der Waals surface area contributed by atoms with Crippen LogP contribution in [0.4, 0.5) is 4.39 Å². The molecule has 0 radical (unpaired) electrons. The number of nitrogens with zero attached hydrogens (tertiary/aromatic N) is 1. The van der Waals surface area contributed by atoms with Gasteiger partial charge in [0.15, 0.2) is 0 Å². The van der Waals surface area contributed by atoms with Crippen molar-refractivity contribution in [3.8, 4) is 29.1 Å². The molecule has 35 heavy (non-hydrogen) atoms. The summed E-state index contributed by atoms with van der Waals surface area (Å²) in [6.45, 7) is 0.360. The SMILES string of the molecule is COC(=O)C[C@@H]1COc2cc(O[C@@]3(F)CCc4c(Oc5ccc(Br)cc5C#N)cccc43)ccc21. The van der Waals surface area contributed by atoms with E-state index in [0.29, 0.717) is 52.7 Å². The van der Waals surface area contributed by atoms with Crippen LogP contribution in [-0.4, -0.2) is 19.7 Å². The Balaban J connectivity index is 1.38. The number of fused-ring (bicyclic) bond motifs is 2. The quantitative estimate of drug-likeness (QED) is 0.343. The van der Waals surface area contributed by atoms with Crippen LogP contribution in [0.2, 0.25) is 0 Å². The van der Waals surface area contributed by atoms with Crippen molar-refractivity contribution < 1.29 is 28.1 Å². The largest absolute Gasteiger partial charge is 0.492 e. The number of carbonyl (C=O) groups is 1. The molecule has 0 saturated carbocycles. The molecule has 0 bridgehead atoms. The highest BCUT2D eigenvalue weighted by Gasteiger charge is 2.43. The predicted octanol–water partition coefficient (Wildman–Crippen LogP) is 6.30. The van der Waals surface area contributed by atoms with Gasteiger partial charge in [0.2, 0.25) is 0 Å². The molecule has 0 spiro atoms. The van der Waals surface area contributed by atoms with Crippen molar-refractivity contribution in [2.45, 2.75) is 31.0 Å². The van der Waals surface area contributed by atoms with Crippen LogP contribution in [0.15, 0.2) is 59.1 Å². The maximum Gasteiger partial charge on any atom is 0.306 e. The number of hydrogen-bond acceptors (Lipinski definition) is 6. The molecule has 2 atom stereocenters. The second-order valence-corrected chi connectivity index (χ2v) is 9.37. The number of esters is 1. The Kier molecular flexibility index (Phi) is 6.12. The Bertz CT molecular complexity index is 1350. The van der Waals surface area contributed by atoms with Crippen LogP contribution >= 0.6 is 15.9 Å². The van der Waals surface area contributed by atoms with Crippen molar-refractivity contribution in [1.29, 1.82) is 5.26 Å². The lowest BCUT2D eigenvalue weighted by molar-refractivity contribution is -0.141. The average Bonchev–Trinajstić information content (AvgIpc) is 3.41. The number of nitriles is 1. The maximum absolute atomic E-state index is 16.1. The van der Waals surface area contributed by atoms with Gasteiger partial charge < -0.3 is 18.9 Å². The first-order chi connectivity index (χ1) is 16.9. The number of benzene rings is 3. The first-order valence-electron chi connectivity index (χ1n) is 11.1. The van der Waals surface area contributed by atoms with E-state index in [1.165, 1.54) is 7.11 Å². The van der Waals surface area contributed by atoms with E-state index in [9.17, 15) is 10.1 Å². The van der Waals surface area contributed by atoms with Gasteiger partial charge in [0.25, 0.3) is 5.85 Å². The lowest BCUT2D eigenvalue weighted by Gasteiger charge is -2.23. The molecule has 0 N–H and O–H groups in total. The maximum atomic E-state index is 16.1. The highest BCUT2D eigenvalue weighted by Crippen LogP contribution is 2.47. The van der Waals surface area contributed by atoms with Crippen molar-refractivity contribution in [3.63, 3.8) is 0 Å². The molecule has 5 rings (SSSR count). The van der Waals surface area contributed by atoms with Gasteiger partial charge in [0.1, 0.15) is 29.1 Å². The van der Waals surface area contributed by atoms with Crippen LogP contribution in [0.3, 0.4) is 0 Å². The van der Waals surface area contributed by atoms with Gasteiger partial charge in [-0.2, -0.15) is 9.65 Å². The molecular formula is C27H21BrFNO5. The van der Waals surface area contributed by atoms with Crippen LogP contribution in [0.25, 0.3) is 0 Å². The van der Waals surface area contributed by atoms with Gasteiger partial charge in [-0.1, -0.05) is 34.1 Å². The fraction of sp³-hybridized carbons (Fsp3) is 0.259. The average molecular weight is 538 g/mol. The monoisotopic (exact) mass is 537 g/mol. The zero-order valence-electron chi connectivity index (χ0n) is 18.8. The number of halogens is 2. The highest BCUT2D eigenvalue weighted by atomic mass is 79.9. The van der Waals surface area contributed by atoms with Gasteiger partial charge in [0.05, 0.1) is 25.7 Å². The minimum atomic E-state index is -2.04. The number of alkyl halides is 1. The standard InChI is InChI=1S/C27H21BrFNO5/c1-32-26(31)12-17-15-33-25-13-19(6-7-20(17)25)35-27(29)10-9-21-22(27)3-2-4-24(21)34-23-8-5-18(28)11-16(23)14-30/h2-8,11,13,17H,9-10,12,15H2,1H3/t17-,27+/m1/s1. The van der Waals surface area contributed by atoms with E-state index in [4.69, 9.17) is 18.9 Å². The topological polar surface area (TPSA) is 77.8 Å². The molecule has 0 fully saturated rings. The lowest BCUT2D eigenvalue weighted by atomic mass is 9.98. The Hall–Kier alpha value is -3.57. The minimum absolute atomic E-state index is 0.102. The summed E-state index contributed by atoms with van der Waals surface area (Å²) in [5.74, 6) is -0.635. The van der Waals surface area contributed by atoms with Gasteiger partial charge in [-0.25, -0.2) is 0 Å². The fourth-order valence-corrected chi connectivity index (χ4v) is 4.91. The van der Waals surface area contributed by atoms with Gasteiger partial charge in [-0.3, -0.25) is 4.79 Å². The second-order valence-electron chi connectivity index (χ2n) is 8.45. The van der Waals surface area contributed by atoms with E-state index in [1.807, 2.05) is 0 Å². The summed E-state index contributed by atoms with van der Waals surface area (Å²) in [6.07, 6.45) is 0.763. The Labute approximate surface area is 210 Å². The molecule has 0 saturated heterocycles.